The lowest BCUT2D eigenvalue weighted by Gasteiger charge is -2.60. The molecule has 4 aliphatic carbocycles. The predicted molar refractivity (Wildman–Crippen MR) is 152 cm³/mol. The number of aliphatic hydroxyl groups is 1. The highest BCUT2D eigenvalue weighted by molar-refractivity contribution is 7.99. The number of imidazole rings is 1. The van der Waals surface area contributed by atoms with Crippen molar-refractivity contribution in [1.29, 1.82) is 0 Å². The number of allylic oxidation sites excluding steroid dienone is 4. The fourth-order valence-corrected chi connectivity index (χ4v) is 10.0. The van der Waals surface area contributed by atoms with Crippen LogP contribution in [0.25, 0.3) is 11.2 Å². The molecule has 218 valence electrons. The van der Waals surface area contributed by atoms with Crippen LogP contribution in [0, 0.1) is 28.6 Å². The van der Waals surface area contributed by atoms with Gasteiger partial charge in [-0.15, -0.1) is 0 Å². The number of nitrogens with zero attached hydrogens (tertiary/aromatic N) is 2. The van der Waals surface area contributed by atoms with E-state index in [1.54, 1.807) is 25.3 Å². The number of rotatable bonds is 5. The van der Waals surface area contributed by atoms with Crippen LogP contribution in [0.4, 0.5) is 0 Å². The van der Waals surface area contributed by atoms with Crippen LogP contribution in [-0.4, -0.2) is 68.1 Å². The number of aliphatic hydroxyl groups excluding tert-OH is 1. The second-order valence-electron chi connectivity index (χ2n) is 13.3. The summed E-state index contributed by atoms with van der Waals surface area (Å²) in [5.74, 6) is -0.0193. The fourth-order valence-electron chi connectivity index (χ4n) is 9.20. The number of ether oxygens (including phenoxy) is 3. The molecule has 41 heavy (non-hydrogen) atoms. The van der Waals surface area contributed by atoms with Crippen molar-refractivity contribution in [2.75, 3.05) is 12.9 Å². The average molecular weight is 580 g/mol. The Kier molecular flexibility index (Phi) is 5.99. The number of carbonyl (C=O) groups is 2. The number of ketones is 2. The molecule has 3 heterocycles. The van der Waals surface area contributed by atoms with E-state index in [1.807, 2.05) is 26.0 Å². The maximum atomic E-state index is 14.4. The topological polar surface area (TPSA) is 124 Å². The first-order valence-corrected chi connectivity index (χ1v) is 15.5. The zero-order valence-electron chi connectivity index (χ0n) is 24.1. The molecular weight excluding hydrogens is 542 g/mol. The van der Waals surface area contributed by atoms with E-state index < -0.39 is 29.0 Å². The van der Waals surface area contributed by atoms with Crippen molar-refractivity contribution in [3.63, 3.8) is 0 Å². The zero-order valence-corrected chi connectivity index (χ0v) is 24.9. The Morgan fingerprint density at radius 3 is 2.83 bits per heavy atom. The minimum absolute atomic E-state index is 0.0203. The maximum absolute atomic E-state index is 14.4. The largest absolute Gasteiger partial charge is 0.481 e. The Morgan fingerprint density at radius 2 is 2.05 bits per heavy atom. The highest BCUT2D eigenvalue weighted by Crippen LogP contribution is 2.70. The number of aromatic amines is 1. The third kappa shape index (κ3) is 3.79. The molecule has 2 aromatic heterocycles. The molecular formula is C31H37N3O6S. The second-order valence-corrected chi connectivity index (χ2v) is 14.2. The van der Waals surface area contributed by atoms with Crippen LogP contribution in [-0.2, 0) is 19.1 Å². The van der Waals surface area contributed by atoms with E-state index in [9.17, 15) is 14.7 Å². The summed E-state index contributed by atoms with van der Waals surface area (Å²) in [4.78, 5) is 38.8. The van der Waals surface area contributed by atoms with Crippen LogP contribution < -0.4 is 4.74 Å². The van der Waals surface area contributed by atoms with Crippen molar-refractivity contribution in [3.8, 4) is 5.88 Å². The lowest BCUT2D eigenvalue weighted by Crippen LogP contribution is -2.63. The molecule has 10 heteroatoms. The van der Waals surface area contributed by atoms with E-state index >= 15 is 0 Å². The summed E-state index contributed by atoms with van der Waals surface area (Å²) < 4.78 is 18.4. The van der Waals surface area contributed by atoms with Gasteiger partial charge in [-0.3, -0.25) is 9.59 Å². The number of nitrogens with one attached hydrogen (secondary N) is 1. The molecule has 1 aliphatic heterocycles. The van der Waals surface area contributed by atoms with Gasteiger partial charge >= 0.3 is 0 Å². The first-order chi connectivity index (χ1) is 19.4. The first kappa shape index (κ1) is 27.3. The number of Topliss-reactive ketones (excluding diaryl/α,β-unsaturated/α-hetero) is 1. The van der Waals surface area contributed by atoms with Crippen molar-refractivity contribution in [3.05, 3.63) is 35.9 Å². The summed E-state index contributed by atoms with van der Waals surface area (Å²) in [6, 6.07) is 3.62. The van der Waals surface area contributed by atoms with E-state index in [0.29, 0.717) is 29.5 Å². The van der Waals surface area contributed by atoms with Crippen molar-refractivity contribution in [1.82, 2.24) is 15.0 Å². The number of hydrogen-bond acceptors (Lipinski definition) is 9. The maximum Gasteiger partial charge on any atom is 0.215 e. The minimum Gasteiger partial charge on any atom is -0.481 e. The van der Waals surface area contributed by atoms with E-state index in [2.05, 4.69) is 28.8 Å². The monoisotopic (exact) mass is 579 g/mol. The summed E-state index contributed by atoms with van der Waals surface area (Å²) >= 11 is 1.33. The van der Waals surface area contributed by atoms with E-state index in [4.69, 9.17) is 14.2 Å². The van der Waals surface area contributed by atoms with E-state index in [0.717, 1.165) is 23.9 Å². The molecule has 5 unspecified atom stereocenters. The van der Waals surface area contributed by atoms with Gasteiger partial charge < -0.3 is 24.3 Å². The molecule has 5 aliphatic rings. The molecule has 0 aromatic carbocycles. The van der Waals surface area contributed by atoms with Crippen LogP contribution in [0.15, 0.2) is 41.1 Å². The number of fused-ring (bicyclic) bond motifs is 8. The molecule has 7 rings (SSSR count). The SMILES string of the molecule is COc1ccc2[nH]c(SCC(=O)[C@@]34OC(C)(C)O[C@@H]3CC3C5CCC6=CC(=O)C=CC6(C)C5[C@@H](O)CC34C)nc2n1. The van der Waals surface area contributed by atoms with Gasteiger partial charge in [0.25, 0.3) is 0 Å². The number of hydrogen-bond donors (Lipinski definition) is 2. The number of aromatic nitrogens is 3. The Hall–Kier alpha value is -2.53. The quantitative estimate of drug-likeness (QED) is 0.496. The number of thioether (sulfide) groups is 1. The van der Waals surface area contributed by atoms with E-state index in [-0.39, 0.29) is 40.5 Å². The molecule has 1 saturated heterocycles. The Bertz CT molecular complexity index is 1520. The lowest BCUT2D eigenvalue weighted by atomic mass is 9.46. The molecule has 0 bridgehead atoms. The molecule has 2 aromatic rings. The van der Waals surface area contributed by atoms with Gasteiger partial charge in [0.1, 0.15) is 0 Å². The number of pyridine rings is 1. The lowest BCUT2D eigenvalue weighted by molar-refractivity contribution is -0.223. The third-order valence-electron chi connectivity index (χ3n) is 10.8. The predicted octanol–water partition coefficient (Wildman–Crippen LogP) is 4.41. The summed E-state index contributed by atoms with van der Waals surface area (Å²) in [7, 11) is 1.56. The van der Waals surface area contributed by atoms with Crippen molar-refractivity contribution >= 4 is 34.5 Å². The van der Waals surface area contributed by atoms with Gasteiger partial charge in [-0.2, -0.15) is 4.98 Å². The van der Waals surface area contributed by atoms with Gasteiger partial charge in [-0.25, -0.2) is 4.98 Å². The third-order valence-corrected chi connectivity index (χ3v) is 11.6. The van der Waals surface area contributed by atoms with Crippen molar-refractivity contribution in [2.24, 2.45) is 28.6 Å². The van der Waals surface area contributed by atoms with Crippen LogP contribution in [0.2, 0.25) is 0 Å². The number of H-pyrrole nitrogens is 1. The highest BCUT2D eigenvalue weighted by atomic mass is 32.2. The normalized spacial score (nSPS) is 40.5. The van der Waals surface area contributed by atoms with Crippen molar-refractivity contribution in [2.45, 2.75) is 82.1 Å². The van der Waals surface area contributed by atoms with Gasteiger partial charge in [0.2, 0.25) is 5.88 Å². The smallest absolute Gasteiger partial charge is 0.215 e. The number of carbonyl (C=O) groups excluding carboxylic acids is 2. The van der Waals surface area contributed by atoms with E-state index in [1.165, 1.54) is 11.8 Å². The second kappa shape index (κ2) is 8.99. The van der Waals surface area contributed by atoms with Crippen LogP contribution >= 0.6 is 11.8 Å². The minimum atomic E-state index is -1.18. The number of methoxy groups -OCH3 is 1. The molecule has 9 nitrogen and oxygen atoms in total. The van der Waals surface area contributed by atoms with Gasteiger partial charge in [0.05, 0.1) is 30.6 Å². The summed E-state index contributed by atoms with van der Waals surface area (Å²) in [5.41, 5.74) is 0.248. The average Bonchev–Trinajstić information content (AvgIpc) is 3.53. The molecule has 0 radical (unpaired) electrons. The Balaban J connectivity index is 1.21. The fraction of sp³-hybridized carbons (Fsp3) is 0.613. The molecule has 2 N–H and O–H groups in total. The van der Waals surface area contributed by atoms with Gasteiger partial charge in [-0.05, 0) is 69.6 Å². The molecule has 4 fully saturated rings. The van der Waals surface area contributed by atoms with Gasteiger partial charge in [0.15, 0.2) is 33.8 Å². The summed E-state index contributed by atoms with van der Waals surface area (Å²) in [6.45, 7) is 8.03. The molecule has 3 saturated carbocycles. The summed E-state index contributed by atoms with van der Waals surface area (Å²) in [6.07, 6.45) is 7.20. The molecule has 0 amide bonds. The Morgan fingerprint density at radius 1 is 1.24 bits per heavy atom. The van der Waals surface area contributed by atoms with Crippen LogP contribution in [0.5, 0.6) is 5.88 Å². The Labute approximate surface area is 243 Å². The zero-order chi connectivity index (χ0) is 28.9. The molecule has 0 spiro atoms. The first-order valence-electron chi connectivity index (χ1n) is 14.5. The van der Waals surface area contributed by atoms with Gasteiger partial charge in [-0.1, -0.05) is 37.3 Å². The van der Waals surface area contributed by atoms with Crippen LogP contribution in [0.1, 0.15) is 53.4 Å². The summed E-state index contributed by atoms with van der Waals surface area (Å²) in [5, 5.41) is 12.5. The highest BCUT2D eigenvalue weighted by Gasteiger charge is 2.76. The standard InChI is InChI=1S/C31H37N3O6S/c1-28(2)39-23-13-19-18-7-6-16-12-17(35)10-11-29(16,3)25(18)21(36)14-30(19,4)31(23,40-28)22(37)15-41-27-32-20-8-9-24(38-5)33-26(20)34-27/h8-12,18-19,21,23,25,36H,6-7,13-15H2,1-5H3,(H,32,33,34)/t18?,19?,21-,23+,25?,29?,30?,31+/m0/s1. The molecule has 8 atom stereocenters. The van der Waals surface area contributed by atoms with Crippen LogP contribution in [0.3, 0.4) is 0 Å². The van der Waals surface area contributed by atoms with Crippen molar-refractivity contribution < 1.29 is 28.9 Å². The van der Waals surface area contributed by atoms with Gasteiger partial charge in [0, 0.05) is 22.8 Å².